The Balaban J connectivity index is 0.00000225. The molecule has 0 amide bonds. The number of aryl methyl sites for hydroxylation is 2. The molecule has 130 valence electrons. The number of nitrogens with zero attached hydrogens (tertiary/aromatic N) is 2. The van der Waals surface area contributed by atoms with Crippen molar-refractivity contribution in [1.82, 2.24) is 4.57 Å². The number of carbonyl (C=O) groups is 1. The average molecular weight is 400 g/mol. The number of halogens is 1. The molecular weight excluding hydrogens is 378 g/mol. The first-order valence-electron chi connectivity index (χ1n) is 7.98. The molecule has 3 aromatic rings. The van der Waals surface area contributed by atoms with Crippen LogP contribution in [0.5, 0.6) is 0 Å². The van der Waals surface area contributed by atoms with Crippen molar-refractivity contribution in [2.45, 2.75) is 20.4 Å². The molecule has 0 atom stereocenters. The van der Waals surface area contributed by atoms with Crippen molar-refractivity contribution in [3.8, 4) is 11.3 Å². The normalized spacial score (nSPS) is 10.4. The number of hydrogen-bond donors (Lipinski definition) is 1. The van der Waals surface area contributed by atoms with Crippen LogP contribution >= 0.6 is 0 Å². The number of nitrogens with two attached hydrogens (primary N) is 1. The molecule has 0 spiro atoms. The summed E-state index contributed by atoms with van der Waals surface area (Å²) in [5, 5.41) is 0. The van der Waals surface area contributed by atoms with E-state index in [4.69, 9.17) is 5.73 Å². The van der Waals surface area contributed by atoms with Gasteiger partial charge in [0.15, 0.2) is 5.78 Å². The summed E-state index contributed by atoms with van der Waals surface area (Å²) in [6.07, 6.45) is 1.94. The summed E-state index contributed by atoms with van der Waals surface area (Å²) in [4.78, 5) is 12.4. The Hall–Kier alpha value is -2.40. The summed E-state index contributed by atoms with van der Waals surface area (Å²) in [6.45, 7) is 4.42. The van der Waals surface area contributed by atoms with Crippen LogP contribution in [0.3, 0.4) is 0 Å². The van der Waals surface area contributed by atoms with Crippen LogP contribution in [0.4, 0.5) is 5.95 Å². The second kappa shape index (κ2) is 7.66. The molecule has 0 saturated heterocycles. The van der Waals surface area contributed by atoms with E-state index in [0.29, 0.717) is 11.5 Å². The van der Waals surface area contributed by atoms with Gasteiger partial charge < -0.3 is 17.0 Å². The third kappa shape index (κ3) is 3.82. The van der Waals surface area contributed by atoms with E-state index < -0.39 is 0 Å². The Labute approximate surface area is 158 Å². The fourth-order valence-electron chi connectivity index (χ4n) is 2.78. The molecule has 0 aliphatic heterocycles. The van der Waals surface area contributed by atoms with Crippen molar-refractivity contribution in [3.63, 3.8) is 0 Å². The zero-order valence-corrected chi connectivity index (χ0v) is 16.2. The van der Waals surface area contributed by atoms with Crippen LogP contribution in [-0.2, 0) is 13.6 Å². The van der Waals surface area contributed by atoms with Gasteiger partial charge in [-0.2, -0.15) is 0 Å². The number of rotatable bonds is 4. The van der Waals surface area contributed by atoms with Crippen LogP contribution in [0.2, 0.25) is 0 Å². The van der Waals surface area contributed by atoms with Crippen molar-refractivity contribution >= 4 is 11.7 Å². The van der Waals surface area contributed by atoms with Gasteiger partial charge in [0.2, 0.25) is 0 Å². The van der Waals surface area contributed by atoms with Gasteiger partial charge in [0.25, 0.3) is 0 Å². The van der Waals surface area contributed by atoms with Gasteiger partial charge in [-0.1, -0.05) is 42.5 Å². The van der Waals surface area contributed by atoms with Crippen LogP contribution in [0.25, 0.3) is 11.3 Å². The molecule has 0 unspecified atom stereocenters. The Kier molecular flexibility index (Phi) is 5.80. The highest BCUT2D eigenvalue weighted by molar-refractivity contribution is 5.95. The second-order valence-corrected chi connectivity index (χ2v) is 6.15. The first-order chi connectivity index (χ1) is 11.5. The minimum atomic E-state index is 0. The molecule has 0 bridgehead atoms. The Bertz CT molecular complexity index is 901. The number of ketones is 1. The van der Waals surface area contributed by atoms with Gasteiger partial charge in [-0.05, 0) is 31.0 Å². The zero-order chi connectivity index (χ0) is 17.3. The van der Waals surface area contributed by atoms with Gasteiger partial charge in [0, 0.05) is 11.1 Å². The zero-order valence-electron chi connectivity index (χ0n) is 14.7. The molecule has 1 heterocycles. The second-order valence-electron chi connectivity index (χ2n) is 6.15. The van der Waals surface area contributed by atoms with Crippen molar-refractivity contribution in [2.75, 3.05) is 5.73 Å². The Morgan fingerprint density at radius 1 is 1.08 bits per heavy atom. The highest BCUT2D eigenvalue weighted by Gasteiger charge is 2.20. The molecule has 1 aromatic heterocycles. The van der Waals surface area contributed by atoms with Crippen LogP contribution in [0, 0.1) is 13.8 Å². The summed E-state index contributed by atoms with van der Waals surface area (Å²) >= 11 is 0. The van der Waals surface area contributed by atoms with Crippen molar-refractivity contribution in [1.29, 1.82) is 0 Å². The summed E-state index contributed by atoms with van der Waals surface area (Å²) in [6, 6.07) is 15.6. The fraction of sp³-hybridized carbons (Fsp3) is 0.200. The monoisotopic (exact) mass is 399 g/mol. The number of Topliss-reactive ketones (excluding diaryl/α,β-unsaturated/α-hetero) is 1. The lowest BCUT2D eigenvalue weighted by Gasteiger charge is -2.03. The SMILES string of the molecule is Cc1ccc(-c2c[n+](CC(=O)c3ccccc3)c(N)n2C)cc1C.[Br-]. The van der Waals surface area contributed by atoms with E-state index in [9.17, 15) is 4.79 Å². The number of aromatic nitrogens is 2. The minimum absolute atomic E-state index is 0. The highest BCUT2D eigenvalue weighted by Crippen LogP contribution is 2.22. The van der Waals surface area contributed by atoms with E-state index in [0.717, 1.165) is 11.3 Å². The maximum absolute atomic E-state index is 12.4. The quantitative estimate of drug-likeness (QED) is 0.498. The minimum Gasteiger partial charge on any atom is -1.00 e. The topological polar surface area (TPSA) is 51.9 Å². The van der Waals surface area contributed by atoms with Crippen molar-refractivity contribution < 1.29 is 26.3 Å². The molecule has 4 nitrogen and oxygen atoms in total. The Morgan fingerprint density at radius 3 is 2.40 bits per heavy atom. The molecule has 0 aliphatic carbocycles. The first-order valence-corrected chi connectivity index (χ1v) is 7.98. The number of benzene rings is 2. The predicted molar refractivity (Wildman–Crippen MR) is 95.7 cm³/mol. The van der Waals surface area contributed by atoms with Gasteiger partial charge in [-0.3, -0.25) is 10.5 Å². The van der Waals surface area contributed by atoms with Gasteiger partial charge in [0.1, 0.15) is 18.4 Å². The Morgan fingerprint density at radius 2 is 1.76 bits per heavy atom. The maximum atomic E-state index is 12.4. The first kappa shape index (κ1) is 18.9. The third-order valence-electron chi connectivity index (χ3n) is 4.49. The van der Waals surface area contributed by atoms with E-state index in [1.807, 2.05) is 48.1 Å². The van der Waals surface area contributed by atoms with Gasteiger partial charge in [-0.25, -0.2) is 9.13 Å². The summed E-state index contributed by atoms with van der Waals surface area (Å²) < 4.78 is 3.72. The highest BCUT2D eigenvalue weighted by atomic mass is 79.9. The van der Waals surface area contributed by atoms with Crippen LogP contribution in [0.1, 0.15) is 21.5 Å². The molecule has 0 fully saturated rings. The van der Waals surface area contributed by atoms with E-state index in [1.54, 1.807) is 4.57 Å². The number of carbonyl (C=O) groups excluding carboxylic acids is 1. The molecule has 0 aliphatic rings. The number of hydrogen-bond acceptors (Lipinski definition) is 2. The van der Waals surface area contributed by atoms with E-state index >= 15 is 0 Å². The average Bonchev–Trinajstić information content (AvgIpc) is 2.86. The standard InChI is InChI=1S/C20H21N3O.BrH/c1-14-9-10-17(11-15(14)2)18-12-23(20(21)22(18)3)13-19(24)16-7-5-4-6-8-16;/h4-12,21H,13H2,1-3H3;1H. The molecule has 0 radical (unpaired) electrons. The van der Waals surface area contributed by atoms with Gasteiger partial charge in [-0.15, -0.1) is 0 Å². The van der Waals surface area contributed by atoms with Crippen molar-refractivity contribution in [3.05, 3.63) is 71.4 Å². The lowest BCUT2D eigenvalue weighted by atomic mass is 10.0. The lowest BCUT2D eigenvalue weighted by molar-refractivity contribution is -0.667. The molecule has 5 heteroatoms. The van der Waals surface area contributed by atoms with Gasteiger partial charge in [0.05, 0.1) is 7.05 Å². The fourth-order valence-corrected chi connectivity index (χ4v) is 2.78. The van der Waals surface area contributed by atoms with Crippen LogP contribution in [0.15, 0.2) is 54.7 Å². The number of anilines is 1. The molecular formula is C20H22BrN3O. The maximum Gasteiger partial charge on any atom is 0.355 e. The molecule has 2 N–H and O–H groups in total. The largest absolute Gasteiger partial charge is 1.00 e. The summed E-state index contributed by atoms with van der Waals surface area (Å²) in [5.41, 5.74) is 11.5. The van der Waals surface area contributed by atoms with E-state index in [-0.39, 0.29) is 29.3 Å². The van der Waals surface area contributed by atoms with E-state index in [2.05, 4.69) is 32.0 Å². The van der Waals surface area contributed by atoms with Crippen LogP contribution in [-0.4, -0.2) is 10.4 Å². The third-order valence-corrected chi connectivity index (χ3v) is 4.49. The van der Waals surface area contributed by atoms with Crippen LogP contribution < -0.4 is 27.3 Å². The van der Waals surface area contributed by atoms with E-state index in [1.165, 1.54) is 11.1 Å². The molecule has 25 heavy (non-hydrogen) atoms. The predicted octanol–water partition coefficient (Wildman–Crippen LogP) is 0.0655. The lowest BCUT2D eigenvalue weighted by Crippen LogP contribution is -3.00. The summed E-state index contributed by atoms with van der Waals surface area (Å²) in [7, 11) is 1.92. The summed E-state index contributed by atoms with van der Waals surface area (Å²) in [5.74, 6) is 0.608. The molecule has 0 saturated carbocycles. The number of nitrogen functional groups attached to an aromatic ring is 1. The molecule has 3 rings (SSSR count). The number of imidazole rings is 1. The molecule has 2 aromatic carbocycles. The smallest absolute Gasteiger partial charge is 0.355 e. The van der Waals surface area contributed by atoms with Gasteiger partial charge >= 0.3 is 5.95 Å². The van der Waals surface area contributed by atoms with Crippen molar-refractivity contribution in [2.24, 2.45) is 7.05 Å².